The maximum absolute atomic E-state index is 3.65. The Morgan fingerprint density at radius 3 is 2.89 bits per heavy atom. The van der Waals surface area contributed by atoms with E-state index >= 15 is 0 Å². The Morgan fingerprint density at radius 1 is 1.26 bits per heavy atom. The van der Waals surface area contributed by atoms with Crippen LogP contribution in [0.4, 0.5) is 5.69 Å². The largest absolute Gasteiger partial charge is 0.371 e. The summed E-state index contributed by atoms with van der Waals surface area (Å²) in [5, 5.41) is 3.65. The zero-order valence-electron chi connectivity index (χ0n) is 12.5. The van der Waals surface area contributed by atoms with Gasteiger partial charge in [0.05, 0.1) is 0 Å². The van der Waals surface area contributed by atoms with E-state index in [-0.39, 0.29) is 0 Å². The minimum absolute atomic E-state index is 0.706. The molecule has 0 saturated heterocycles. The number of rotatable bonds is 8. The van der Waals surface area contributed by atoms with Crippen molar-refractivity contribution >= 4 is 5.69 Å². The van der Waals surface area contributed by atoms with E-state index in [0.717, 1.165) is 6.54 Å². The normalized spacial score (nSPS) is 15.6. The van der Waals surface area contributed by atoms with E-state index in [9.17, 15) is 0 Å². The number of nitrogens with one attached hydrogen (secondary N) is 1. The summed E-state index contributed by atoms with van der Waals surface area (Å²) in [7, 11) is 0. The van der Waals surface area contributed by atoms with Gasteiger partial charge in [0, 0.05) is 24.8 Å². The van der Waals surface area contributed by atoms with Crippen molar-refractivity contribution in [2.75, 3.05) is 24.5 Å². The second-order valence-corrected chi connectivity index (χ2v) is 5.57. The molecule has 2 rings (SSSR count). The fourth-order valence-corrected chi connectivity index (χ4v) is 2.97. The van der Waals surface area contributed by atoms with Crippen LogP contribution in [0.3, 0.4) is 0 Å². The van der Waals surface area contributed by atoms with E-state index in [1.54, 1.807) is 0 Å². The Balaban J connectivity index is 1.74. The van der Waals surface area contributed by atoms with E-state index in [0.29, 0.717) is 6.04 Å². The molecule has 0 bridgehead atoms. The molecule has 0 aromatic heterocycles. The van der Waals surface area contributed by atoms with Gasteiger partial charge in [-0.2, -0.15) is 0 Å². The molecule has 0 amide bonds. The molecule has 1 aliphatic heterocycles. The predicted octanol–water partition coefficient (Wildman–Crippen LogP) is 3.61. The number of nitrogens with zero attached hydrogens (tertiary/aromatic N) is 1. The van der Waals surface area contributed by atoms with Crippen LogP contribution in [0.25, 0.3) is 0 Å². The summed E-state index contributed by atoms with van der Waals surface area (Å²) in [6, 6.07) is 9.57. The Bertz CT molecular complexity index is 375. The molecule has 2 heteroatoms. The molecule has 2 nitrogen and oxygen atoms in total. The topological polar surface area (TPSA) is 15.3 Å². The van der Waals surface area contributed by atoms with Crippen molar-refractivity contribution in [1.82, 2.24) is 5.32 Å². The van der Waals surface area contributed by atoms with Crippen LogP contribution < -0.4 is 10.2 Å². The van der Waals surface area contributed by atoms with Crippen molar-refractivity contribution in [3.63, 3.8) is 0 Å². The second kappa shape index (κ2) is 7.54. The number of hydrogen-bond donors (Lipinski definition) is 1. The highest BCUT2D eigenvalue weighted by Gasteiger charge is 2.17. The molecule has 1 unspecified atom stereocenters. The molecular formula is C17H28N2. The van der Waals surface area contributed by atoms with Gasteiger partial charge in [-0.3, -0.25) is 0 Å². The summed E-state index contributed by atoms with van der Waals surface area (Å²) in [4.78, 5) is 2.56. The van der Waals surface area contributed by atoms with Gasteiger partial charge < -0.3 is 10.2 Å². The predicted molar refractivity (Wildman–Crippen MR) is 84.0 cm³/mol. The SMILES string of the molecule is CCCNC(CC)CCCN1CCc2ccccc21. The first-order valence-electron chi connectivity index (χ1n) is 7.91. The van der Waals surface area contributed by atoms with Crippen molar-refractivity contribution in [2.45, 2.75) is 52.0 Å². The van der Waals surface area contributed by atoms with E-state index in [1.165, 1.54) is 56.4 Å². The first-order chi connectivity index (χ1) is 9.35. The Labute approximate surface area is 118 Å². The molecule has 1 atom stereocenters. The number of fused-ring (bicyclic) bond motifs is 1. The van der Waals surface area contributed by atoms with Crippen LogP contribution in [0.1, 0.15) is 45.1 Å². The van der Waals surface area contributed by atoms with Gasteiger partial charge in [-0.1, -0.05) is 32.0 Å². The Hall–Kier alpha value is -1.02. The second-order valence-electron chi connectivity index (χ2n) is 5.57. The molecular weight excluding hydrogens is 232 g/mol. The lowest BCUT2D eigenvalue weighted by Crippen LogP contribution is -2.30. The molecule has 0 aliphatic carbocycles. The molecule has 0 fully saturated rings. The quantitative estimate of drug-likeness (QED) is 0.768. The molecule has 1 aromatic carbocycles. The van der Waals surface area contributed by atoms with Crippen LogP contribution in [0.2, 0.25) is 0 Å². The zero-order chi connectivity index (χ0) is 13.5. The zero-order valence-corrected chi connectivity index (χ0v) is 12.5. The highest BCUT2D eigenvalue weighted by Crippen LogP contribution is 2.27. The third-order valence-corrected chi connectivity index (χ3v) is 4.14. The third-order valence-electron chi connectivity index (χ3n) is 4.14. The van der Waals surface area contributed by atoms with E-state index in [1.807, 2.05) is 0 Å². The van der Waals surface area contributed by atoms with E-state index in [4.69, 9.17) is 0 Å². The van der Waals surface area contributed by atoms with Crippen molar-refractivity contribution in [1.29, 1.82) is 0 Å². The summed E-state index contributed by atoms with van der Waals surface area (Å²) < 4.78 is 0. The number of hydrogen-bond acceptors (Lipinski definition) is 2. The average Bonchev–Trinajstić information content (AvgIpc) is 2.86. The third kappa shape index (κ3) is 3.97. The van der Waals surface area contributed by atoms with Gasteiger partial charge in [0.15, 0.2) is 0 Å². The fraction of sp³-hybridized carbons (Fsp3) is 0.647. The molecule has 0 spiro atoms. The van der Waals surface area contributed by atoms with Crippen LogP contribution in [0.15, 0.2) is 24.3 Å². The van der Waals surface area contributed by atoms with E-state index < -0.39 is 0 Å². The van der Waals surface area contributed by atoms with Crippen molar-refractivity contribution < 1.29 is 0 Å². The first-order valence-corrected chi connectivity index (χ1v) is 7.91. The van der Waals surface area contributed by atoms with Crippen LogP contribution in [-0.2, 0) is 6.42 Å². The van der Waals surface area contributed by atoms with Crippen molar-refractivity contribution in [3.05, 3.63) is 29.8 Å². The molecule has 1 aromatic rings. The van der Waals surface area contributed by atoms with Gasteiger partial charge >= 0.3 is 0 Å². The van der Waals surface area contributed by atoms with Crippen LogP contribution >= 0.6 is 0 Å². The maximum Gasteiger partial charge on any atom is 0.0399 e. The van der Waals surface area contributed by atoms with Crippen molar-refractivity contribution in [2.24, 2.45) is 0 Å². The van der Waals surface area contributed by atoms with Gasteiger partial charge in [-0.05, 0) is 50.3 Å². The van der Waals surface area contributed by atoms with Gasteiger partial charge in [0.2, 0.25) is 0 Å². The molecule has 0 radical (unpaired) electrons. The lowest BCUT2D eigenvalue weighted by Gasteiger charge is -2.22. The van der Waals surface area contributed by atoms with E-state index in [2.05, 4.69) is 48.3 Å². The van der Waals surface area contributed by atoms with Crippen LogP contribution in [0.5, 0.6) is 0 Å². The lowest BCUT2D eigenvalue weighted by atomic mass is 10.1. The van der Waals surface area contributed by atoms with Gasteiger partial charge in [-0.15, -0.1) is 0 Å². The molecule has 0 saturated carbocycles. The molecule has 1 N–H and O–H groups in total. The minimum Gasteiger partial charge on any atom is -0.371 e. The number of anilines is 1. The fourth-order valence-electron chi connectivity index (χ4n) is 2.97. The summed E-state index contributed by atoms with van der Waals surface area (Å²) in [6.45, 7) is 8.10. The smallest absolute Gasteiger partial charge is 0.0399 e. The lowest BCUT2D eigenvalue weighted by molar-refractivity contribution is 0.456. The Kier molecular flexibility index (Phi) is 5.71. The summed E-state index contributed by atoms with van der Waals surface area (Å²) in [5.74, 6) is 0. The first kappa shape index (κ1) is 14.4. The molecule has 106 valence electrons. The van der Waals surface area contributed by atoms with Gasteiger partial charge in [-0.25, -0.2) is 0 Å². The summed E-state index contributed by atoms with van der Waals surface area (Å²) >= 11 is 0. The summed E-state index contributed by atoms with van der Waals surface area (Å²) in [5.41, 5.74) is 3.00. The van der Waals surface area contributed by atoms with Crippen molar-refractivity contribution in [3.8, 4) is 0 Å². The van der Waals surface area contributed by atoms with Crippen LogP contribution in [0, 0.1) is 0 Å². The standard InChI is InChI=1S/C17H28N2/c1-3-12-18-16(4-2)9-7-13-19-14-11-15-8-5-6-10-17(15)19/h5-6,8,10,16,18H,3-4,7,9,11-14H2,1-2H3. The number of benzene rings is 1. The average molecular weight is 260 g/mol. The maximum atomic E-state index is 3.65. The number of para-hydroxylation sites is 1. The highest BCUT2D eigenvalue weighted by atomic mass is 15.1. The molecule has 1 heterocycles. The monoisotopic (exact) mass is 260 g/mol. The van der Waals surface area contributed by atoms with Gasteiger partial charge in [0.25, 0.3) is 0 Å². The molecule has 19 heavy (non-hydrogen) atoms. The Morgan fingerprint density at radius 2 is 2.11 bits per heavy atom. The molecule has 1 aliphatic rings. The minimum atomic E-state index is 0.706. The van der Waals surface area contributed by atoms with Crippen LogP contribution in [-0.4, -0.2) is 25.7 Å². The highest BCUT2D eigenvalue weighted by molar-refractivity contribution is 5.57. The summed E-state index contributed by atoms with van der Waals surface area (Å²) in [6.07, 6.45) is 6.30. The van der Waals surface area contributed by atoms with Gasteiger partial charge in [0.1, 0.15) is 0 Å².